The molecule has 0 unspecified atom stereocenters. The number of carbonyl (C=O) groups is 1. The minimum atomic E-state index is -0.199. The molecule has 3 heteroatoms. The first-order valence-corrected chi connectivity index (χ1v) is 4.43. The number of hydrogen-bond donors (Lipinski definition) is 0. The molecule has 0 heterocycles. The van der Waals surface area contributed by atoms with Crippen LogP contribution >= 0.6 is 11.8 Å². The molecule has 0 aromatic carbocycles. The van der Waals surface area contributed by atoms with Crippen LogP contribution in [-0.4, -0.2) is 24.1 Å². The number of thioether (sulfide) groups is 1. The predicted molar refractivity (Wildman–Crippen MR) is 43.9 cm³/mol. The van der Waals surface area contributed by atoms with E-state index in [0.717, 1.165) is 17.9 Å². The molecule has 0 bridgehead atoms. The minimum Gasteiger partial charge on any atom is -0.465 e. The van der Waals surface area contributed by atoms with E-state index in [1.807, 2.05) is 0 Å². The number of carbonyl (C=O) groups excluding carboxylic acids is 1. The van der Waals surface area contributed by atoms with Crippen molar-refractivity contribution in [3.05, 3.63) is 6.92 Å². The van der Waals surface area contributed by atoms with E-state index in [4.69, 9.17) is 4.74 Å². The summed E-state index contributed by atoms with van der Waals surface area (Å²) >= 11 is 1.76. The average molecular weight is 161 g/mol. The van der Waals surface area contributed by atoms with Crippen molar-refractivity contribution >= 4 is 17.7 Å². The molecule has 2 nitrogen and oxygen atoms in total. The summed E-state index contributed by atoms with van der Waals surface area (Å²) in [6, 6.07) is 0. The third-order valence-corrected chi connectivity index (χ3v) is 1.85. The molecule has 0 aromatic heterocycles. The first-order chi connectivity index (χ1) is 4.77. The van der Waals surface area contributed by atoms with Crippen LogP contribution in [0.25, 0.3) is 0 Å². The highest BCUT2D eigenvalue weighted by Gasteiger charge is 1.91. The van der Waals surface area contributed by atoms with Crippen molar-refractivity contribution in [2.24, 2.45) is 0 Å². The van der Waals surface area contributed by atoms with Gasteiger partial charge >= 0.3 is 5.97 Å². The number of hydrogen-bond acceptors (Lipinski definition) is 3. The predicted octanol–water partition coefficient (Wildman–Crippen LogP) is 1.51. The Kier molecular flexibility index (Phi) is 6.81. The van der Waals surface area contributed by atoms with Crippen LogP contribution in [0.15, 0.2) is 0 Å². The quantitative estimate of drug-likeness (QED) is 0.451. The number of rotatable bonds is 5. The largest absolute Gasteiger partial charge is 0.465 e. The van der Waals surface area contributed by atoms with E-state index in [9.17, 15) is 4.79 Å². The zero-order valence-corrected chi connectivity index (χ0v) is 7.08. The lowest BCUT2D eigenvalue weighted by Crippen LogP contribution is -2.02. The Morgan fingerprint density at radius 1 is 1.60 bits per heavy atom. The molecule has 0 amide bonds. The van der Waals surface area contributed by atoms with Crippen LogP contribution in [0.1, 0.15) is 13.3 Å². The van der Waals surface area contributed by atoms with Crippen LogP contribution in [0.4, 0.5) is 0 Å². The topological polar surface area (TPSA) is 26.3 Å². The maximum Gasteiger partial charge on any atom is 0.302 e. The van der Waals surface area contributed by atoms with E-state index in [1.165, 1.54) is 6.92 Å². The van der Waals surface area contributed by atoms with Gasteiger partial charge in [0.25, 0.3) is 0 Å². The molecule has 0 aromatic rings. The Bertz CT molecular complexity index is 93.6. The van der Waals surface area contributed by atoms with Gasteiger partial charge in [-0.2, -0.15) is 11.8 Å². The van der Waals surface area contributed by atoms with Crippen molar-refractivity contribution in [2.75, 3.05) is 18.1 Å². The summed E-state index contributed by atoms with van der Waals surface area (Å²) in [6.45, 7) is 5.64. The lowest BCUT2D eigenvalue weighted by atomic mass is 10.6. The van der Waals surface area contributed by atoms with Crippen molar-refractivity contribution in [3.8, 4) is 0 Å². The van der Waals surface area contributed by atoms with Gasteiger partial charge in [0, 0.05) is 12.7 Å². The van der Waals surface area contributed by atoms with Crippen LogP contribution < -0.4 is 0 Å². The van der Waals surface area contributed by atoms with Crippen LogP contribution in [0.5, 0.6) is 0 Å². The highest BCUT2D eigenvalue weighted by atomic mass is 32.2. The summed E-state index contributed by atoms with van der Waals surface area (Å²) in [5.41, 5.74) is 0. The summed E-state index contributed by atoms with van der Waals surface area (Å²) in [6.07, 6.45) is 0.935. The molecule has 0 rings (SSSR count). The standard InChI is InChI=1S/C7H13O2S/c1-3-5-10-6-4-9-7(2)8/h1,3-6H2,2H3. The molecule has 1 radical (unpaired) electrons. The van der Waals surface area contributed by atoms with E-state index in [-0.39, 0.29) is 5.97 Å². The molecule has 0 atom stereocenters. The second-order valence-corrected chi connectivity index (χ2v) is 3.03. The molecule has 0 N–H and O–H groups in total. The third-order valence-electron chi connectivity index (χ3n) is 0.822. The van der Waals surface area contributed by atoms with Gasteiger partial charge in [-0.1, -0.05) is 6.92 Å². The third kappa shape index (κ3) is 7.82. The summed E-state index contributed by atoms with van der Waals surface area (Å²) in [4.78, 5) is 10.2. The van der Waals surface area contributed by atoms with E-state index >= 15 is 0 Å². The van der Waals surface area contributed by atoms with E-state index in [1.54, 1.807) is 11.8 Å². The first-order valence-electron chi connectivity index (χ1n) is 3.27. The van der Waals surface area contributed by atoms with Gasteiger partial charge in [-0.25, -0.2) is 0 Å². The van der Waals surface area contributed by atoms with E-state index in [0.29, 0.717) is 6.61 Å². The zero-order valence-electron chi connectivity index (χ0n) is 6.26. The molecular formula is C7H13O2S. The highest BCUT2D eigenvalue weighted by Crippen LogP contribution is 2.00. The van der Waals surface area contributed by atoms with Crippen molar-refractivity contribution < 1.29 is 9.53 Å². The van der Waals surface area contributed by atoms with Crippen LogP contribution in [0.2, 0.25) is 0 Å². The molecule has 0 aliphatic heterocycles. The minimum absolute atomic E-state index is 0.199. The van der Waals surface area contributed by atoms with Crippen molar-refractivity contribution in [2.45, 2.75) is 13.3 Å². The Balaban J connectivity index is 2.84. The van der Waals surface area contributed by atoms with Gasteiger partial charge in [0.2, 0.25) is 0 Å². The smallest absolute Gasteiger partial charge is 0.302 e. The second-order valence-electron chi connectivity index (χ2n) is 1.81. The fourth-order valence-electron chi connectivity index (χ4n) is 0.448. The van der Waals surface area contributed by atoms with Crippen molar-refractivity contribution in [1.29, 1.82) is 0 Å². The lowest BCUT2D eigenvalue weighted by molar-refractivity contribution is -0.140. The van der Waals surface area contributed by atoms with Gasteiger partial charge in [-0.3, -0.25) is 4.79 Å². The number of ether oxygens (including phenoxy) is 1. The summed E-state index contributed by atoms with van der Waals surface area (Å²) < 4.78 is 4.71. The molecule has 0 fully saturated rings. The normalized spacial score (nSPS) is 9.40. The highest BCUT2D eigenvalue weighted by molar-refractivity contribution is 7.99. The molecule has 0 saturated carbocycles. The molecule has 59 valence electrons. The number of esters is 1. The van der Waals surface area contributed by atoms with Gasteiger partial charge < -0.3 is 4.74 Å². The average Bonchev–Trinajstić information content (AvgIpc) is 1.87. The van der Waals surface area contributed by atoms with E-state index in [2.05, 4.69) is 6.92 Å². The Labute approximate surface area is 66.3 Å². The van der Waals surface area contributed by atoms with Crippen molar-refractivity contribution in [1.82, 2.24) is 0 Å². The summed E-state index contributed by atoms with van der Waals surface area (Å²) in [5, 5.41) is 0. The SMILES string of the molecule is [CH2]CCSCCOC(C)=O. The maximum atomic E-state index is 10.2. The first kappa shape index (κ1) is 9.82. The van der Waals surface area contributed by atoms with Gasteiger partial charge in [0.05, 0.1) is 0 Å². The maximum absolute atomic E-state index is 10.2. The fourth-order valence-corrected chi connectivity index (χ4v) is 1.06. The summed E-state index contributed by atoms with van der Waals surface area (Å²) in [7, 11) is 0. The van der Waals surface area contributed by atoms with Crippen LogP contribution in [-0.2, 0) is 9.53 Å². The molecule has 0 aliphatic carbocycles. The Hall–Kier alpha value is -0.180. The van der Waals surface area contributed by atoms with Gasteiger partial charge in [-0.15, -0.1) is 0 Å². The lowest BCUT2D eigenvalue weighted by Gasteiger charge is -1.99. The second kappa shape index (κ2) is 6.93. The van der Waals surface area contributed by atoms with Gasteiger partial charge in [0.1, 0.15) is 6.61 Å². The molecule has 10 heavy (non-hydrogen) atoms. The van der Waals surface area contributed by atoms with Crippen LogP contribution in [0.3, 0.4) is 0 Å². The monoisotopic (exact) mass is 161 g/mol. The van der Waals surface area contributed by atoms with Crippen molar-refractivity contribution in [3.63, 3.8) is 0 Å². The molecule has 0 aliphatic rings. The fraction of sp³-hybridized carbons (Fsp3) is 0.714. The zero-order chi connectivity index (χ0) is 7.82. The Morgan fingerprint density at radius 3 is 2.80 bits per heavy atom. The van der Waals surface area contributed by atoms with Gasteiger partial charge in [-0.05, 0) is 12.2 Å². The molecule has 0 spiro atoms. The molecular weight excluding hydrogens is 148 g/mol. The van der Waals surface area contributed by atoms with Gasteiger partial charge in [0.15, 0.2) is 0 Å². The molecule has 0 saturated heterocycles. The summed E-state index contributed by atoms with van der Waals surface area (Å²) in [5.74, 6) is 1.73. The van der Waals surface area contributed by atoms with Crippen LogP contribution in [0, 0.1) is 6.92 Å². The Morgan fingerprint density at radius 2 is 2.30 bits per heavy atom. The van der Waals surface area contributed by atoms with E-state index < -0.39 is 0 Å².